The molecule has 0 aliphatic carbocycles. The van der Waals surface area contributed by atoms with Crippen molar-refractivity contribution in [1.29, 1.82) is 0 Å². The fourth-order valence-electron chi connectivity index (χ4n) is 3.46. The zero-order valence-corrected chi connectivity index (χ0v) is 28.1. The Bertz CT molecular complexity index is 1420. The molecule has 0 aliphatic rings. The van der Waals surface area contributed by atoms with Crippen molar-refractivity contribution in [3.8, 4) is 0 Å². The number of aliphatic hydroxyl groups is 2. The molecule has 0 unspecified atom stereocenters. The predicted octanol–water partition coefficient (Wildman–Crippen LogP) is 2.91. The van der Waals surface area contributed by atoms with Gasteiger partial charge >= 0.3 is 35.8 Å². The third-order valence-corrected chi connectivity index (χ3v) is 5.87. The molecule has 0 bridgehead atoms. The molecule has 0 aliphatic heterocycles. The van der Waals surface area contributed by atoms with Crippen molar-refractivity contribution in [2.45, 2.75) is 6.92 Å². The second kappa shape index (κ2) is 24.5. The summed E-state index contributed by atoms with van der Waals surface area (Å²) in [5.41, 5.74) is 1.93. The van der Waals surface area contributed by atoms with Crippen molar-refractivity contribution in [1.82, 2.24) is 0 Å². The molecule has 0 aromatic heterocycles. The van der Waals surface area contributed by atoms with Crippen LogP contribution < -0.4 is 0 Å². The molecule has 50 heavy (non-hydrogen) atoms. The molecule has 2 N–H and O–H groups in total. The zero-order chi connectivity index (χ0) is 37.3. The first-order chi connectivity index (χ1) is 24.1. The number of aliphatic hydroxyl groups excluding tert-OH is 2. The number of esters is 6. The van der Waals surface area contributed by atoms with Gasteiger partial charge < -0.3 is 43.4 Å². The van der Waals surface area contributed by atoms with Crippen LogP contribution in [0.1, 0.15) is 69.1 Å². The number of ether oxygens (including phenoxy) is 7. The topological polar surface area (TPSA) is 207 Å². The summed E-state index contributed by atoms with van der Waals surface area (Å²) >= 11 is 0. The monoisotopic (exact) mass is 700 g/mol. The van der Waals surface area contributed by atoms with E-state index in [0.29, 0.717) is 33.4 Å². The fraction of sp³-hybridized carbons (Fsp3) is 0.314. The Morgan fingerprint density at radius 3 is 0.860 bits per heavy atom. The first-order valence-corrected chi connectivity index (χ1v) is 14.9. The molecule has 3 aromatic carbocycles. The first-order valence-electron chi connectivity index (χ1n) is 14.9. The third-order valence-electron chi connectivity index (χ3n) is 5.87. The summed E-state index contributed by atoms with van der Waals surface area (Å²) in [6.45, 7) is 1.94. The number of benzene rings is 3. The van der Waals surface area contributed by atoms with Gasteiger partial charge in [0.2, 0.25) is 0 Å². The lowest BCUT2D eigenvalue weighted by molar-refractivity contribution is 0.0150. The molecule has 15 nitrogen and oxygen atoms in total. The molecule has 0 fully saturated rings. The number of methoxy groups -OCH3 is 3. The number of rotatable bonds is 14. The molecule has 0 radical (unpaired) electrons. The van der Waals surface area contributed by atoms with E-state index in [2.05, 4.69) is 14.2 Å². The molecule has 0 spiro atoms. The highest BCUT2D eigenvalue weighted by Crippen LogP contribution is 2.09. The van der Waals surface area contributed by atoms with Crippen LogP contribution in [0.5, 0.6) is 0 Å². The van der Waals surface area contributed by atoms with Crippen LogP contribution in [-0.4, -0.2) is 114 Å². The number of carbonyl (C=O) groups excluding carboxylic acids is 6. The lowest BCUT2D eigenvalue weighted by Crippen LogP contribution is -2.15. The van der Waals surface area contributed by atoms with E-state index in [1.807, 2.05) is 0 Å². The van der Waals surface area contributed by atoms with Crippen LogP contribution >= 0.6 is 0 Å². The van der Waals surface area contributed by atoms with Crippen molar-refractivity contribution >= 4 is 35.8 Å². The zero-order valence-electron chi connectivity index (χ0n) is 28.1. The summed E-state index contributed by atoms with van der Waals surface area (Å²) in [6, 6.07) is 17.6. The summed E-state index contributed by atoms with van der Waals surface area (Å²) in [6.07, 6.45) is 0. The molecular formula is C35H40O15. The highest BCUT2D eigenvalue weighted by atomic mass is 16.6. The van der Waals surface area contributed by atoms with Crippen LogP contribution in [0, 0.1) is 0 Å². The number of hydrogen-bond acceptors (Lipinski definition) is 15. The third kappa shape index (κ3) is 15.5. The average Bonchev–Trinajstić information content (AvgIpc) is 3.16. The molecule has 15 heteroatoms. The second-order valence-corrected chi connectivity index (χ2v) is 9.27. The minimum atomic E-state index is -0.554. The maximum Gasteiger partial charge on any atom is 0.338 e. The van der Waals surface area contributed by atoms with Gasteiger partial charge in [-0.25, -0.2) is 28.8 Å². The SMILES string of the molecule is CCO.COC(=O)c1ccc(C(=O)OCCO)cc1.COC(=O)c1ccc(C(=O)OCCOCCOC(=O)c2ccc(C(=O)OC)cc2)cc1. The summed E-state index contributed by atoms with van der Waals surface area (Å²) in [4.78, 5) is 69.0. The van der Waals surface area contributed by atoms with E-state index in [1.54, 1.807) is 6.92 Å². The van der Waals surface area contributed by atoms with Gasteiger partial charge in [-0.2, -0.15) is 0 Å². The summed E-state index contributed by atoms with van der Waals surface area (Å²) in [7, 11) is 3.83. The van der Waals surface area contributed by atoms with Crippen LogP contribution in [0.15, 0.2) is 72.8 Å². The van der Waals surface area contributed by atoms with Gasteiger partial charge in [0, 0.05) is 6.61 Å². The summed E-state index contributed by atoms with van der Waals surface area (Å²) in [5, 5.41) is 16.0. The molecule has 0 saturated carbocycles. The second-order valence-electron chi connectivity index (χ2n) is 9.27. The van der Waals surface area contributed by atoms with Crippen LogP contribution in [-0.2, 0) is 33.2 Å². The van der Waals surface area contributed by atoms with E-state index in [1.165, 1.54) is 94.1 Å². The Labute approximate surface area is 288 Å². The average molecular weight is 701 g/mol. The lowest BCUT2D eigenvalue weighted by Gasteiger charge is -2.08. The Morgan fingerprint density at radius 1 is 0.420 bits per heavy atom. The standard InChI is InChI=1S/C22H22O9.C11H12O5.C2H6O/c1-27-19(23)15-3-7-17(8-4-15)21(25)30-13-11-29-12-14-31-22(26)18-9-5-16(6-10-18)20(24)28-2;1-15-10(13)8-2-4-9(5-3-8)11(14)16-7-6-12;1-2-3/h3-10H,11-14H2,1-2H3;2-5,12H,6-7H2,1H3;3H,2H2,1H3. The predicted molar refractivity (Wildman–Crippen MR) is 175 cm³/mol. The quantitative estimate of drug-likeness (QED) is 0.141. The van der Waals surface area contributed by atoms with E-state index in [0.717, 1.165) is 0 Å². The van der Waals surface area contributed by atoms with Crippen LogP contribution in [0.3, 0.4) is 0 Å². The smallest absolute Gasteiger partial charge is 0.338 e. The highest BCUT2D eigenvalue weighted by Gasteiger charge is 2.12. The first kappa shape index (κ1) is 42.4. The molecule has 0 saturated heterocycles. The molecule has 0 amide bonds. The highest BCUT2D eigenvalue weighted by molar-refractivity contribution is 5.94. The van der Waals surface area contributed by atoms with Gasteiger partial charge in [0.1, 0.15) is 19.8 Å². The van der Waals surface area contributed by atoms with Crippen molar-refractivity contribution in [2.24, 2.45) is 0 Å². The molecule has 270 valence electrons. The Balaban J connectivity index is 0.000000549. The fourth-order valence-corrected chi connectivity index (χ4v) is 3.46. The molecule has 0 atom stereocenters. The van der Waals surface area contributed by atoms with Crippen LogP contribution in [0.2, 0.25) is 0 Å². The Kier molecular flexibility index (Phi) is 20.8. The molecular weight excluding hydrogens is 660 g/mol. The van der Waals surface area contributed by atoms with Gasteiger partial charge in [-0.1, -0.05) is 0 Å². The van der Waals surface area contributed by atoms with Gasteiger partial charge in [0.05, 0.1) is 74.5 Å². The number of carbonyl (C=O) groups is 6. The number of hydrogen-bond donors (Lipinski definition) is 2. The van der Waals surface area contributed by atoms with Crippen LogP contribution in [0.25, 0.3) is 0 Å². The molecule has 3 rings (SSSR count). The largest absolute Gasteiger partial charge is 0.465 e. The minimum absolute atomic E-state index is 0.0144. The van der Waals surface area contributed by atoms with Crippen LogP contribution in [0.4, 0.5) is 0 Å². The Morgan fingerprint density at radius 2 is 0.640 bits per heavy atom. The Hall–Kier alpha value is -5.64. The summed E-state index contributed by atoms with van der Waals surface area (Å²) < 4.78 is 33.8. The lowest BCUT2D eigenvalue weighted by atomic mass is 10.1. The van der Waals surface area contributed by atoms with Crippen molar-refractivity contribution in [2.75, 3.05) is 67.6 Å². The van der Waals surface area contributed by atoms with Gasteiger partial charge in [-0.05, 0) is 79.7 Å². The van der Waals surface area contributed by atoms with Crippen molar-refractivity contribution in [3.05, 3.63) is 106 Å². The molecule has 3 aromatic rings. The maximum atomic E-state index is 11.9. The summed E-state index contributed by atoms with van der Waals surface area (Å²) in [5.74, 6) is -3.09. The van der Waals surface area contributed by atoms with E-state index < -0.39 is 35.8 Å². The van der Waals surface area contributed by atoms with E-state index in [4.69, 9.17) is 29.2 Å². The van der Waals surface area contributed by atoms with E-state index >= 15 is 0 Å². The normalized spacial score (nSPS) is 9.72. The van der Waals surface area contributed by atoms with Gasteiger partial charge in [-0.15, -0.1) is 0 Å². The van der Waals surface area contributed by atoms with Gasteiger partial charge in [0.15, 0.2) is 0 Å². The van der Waals surface area contributed by atoms with E-state index in [9.17, 15) is 28.8 Å². The van der Waals surface area contributed by atoms with Gasteiger partial charge in [0.25, 0.3) is 0 Å². The van der Waals surface area contributed by atoms with Gasteiger partial charge in [-0.3, -0.25) is 0 Å². The maximum absolute atomic E-state index is 11.9. The molecule has 0 heterocycles. The minimum Gasteiger partial charge on any atom is -0.465 e. The van der Waals surface area contributed by atoms with Crippen molar-refractivity contribution in [3.63, 3.8) is 0 Å². The van der Waals surface area contributed by atoms with Crippen molar-refractivity contribution < 1.29 is 72.1 Å². The van der Waals surface area contributed by atoms with E-state index in [-0.39, 0.29) is 46.2 Å².